The molecule has 30 heavy (non-hydrogen) atoms. The summed E-state index contributed by atoms with van der Waals surface area (Å²) in [7, 11) is -3.99. The summed E-state index contributed by atoms with van der Waals surface area (Å²) in [6.07, 6.45) is -3.22. The lowest BCUT2D eigenvalue weighted by Crippen LogP contribution is -2.48. The van der Waals surface area contributed by atoms with Crippen LogP contribution in [0.4, 0.5) is 13.2 Å². The minimum atomic E-state index is -4.79. The number of fused-ring (bicyclic) bond motifs is 1. The van der Waals surface area contributed by atoms with Gasteiger partial charge in [0.1, 0.15) is 5.76 Å². The molecular weight excluding hydrogens is 423 g/mol. The van der Waals surface area contributed by atoms with Crippen molar-refractivity contribution in [1.29, 1.82) is 0 Å². The van der Waals surface area contributed by atoms with Gasteiger partial charge in [0.2, 0.25) is 15.6 Å². The molecule has 1 aliphatic heterocycles. The third-order valence-corrected chi connectivity index (χ3v) is 6.94. The molecule has 0 saturated carbocycles. The molecule has 0 bridgehead atoms. The zero-order valence-corrected chi connectivity index (χ0v) is 16.5. The van der Waals surface area contributed by atoms with E-state index in [0.717, 1.165) is 11.8 Å². The number of halogens is 3. The molecule has 0 atom stereocenters. The second kappa shape index (κ2) is 7.56. The van der Waals surface area contributed by atoms with Gasteiger partial charge in [-0.05, 0) is 30.3 Å². The fourth-order valence-corrected chi connectivity index (χ4v) is 4.98. The summed E-state index contributed by atoms with van der Waals surface area (Å²) in [5.41, 5.74) is -2.14. The Morgan fingerprint density at radius 2 is 1.80 bits per heavy atom. The number of hydrogen-bond acceptors (Lipinski definition) is 5. The lowest BCUT2D eigenvalue weighted by atomic mass is 10.1. The van der Waals surface area contributed by atoms with Crippen molar-refractivity contribution in [2.24, 2.45) is 0 Å². The highest BCUT2D eigenvalue weighted by atomic mass is 32.2. The number of nitrogens with zero attached hydrogens (tertiary/aromatic N) is 2. The van der Waals surface area contributed by atoms with E-state index in [1.807, 2.05) is 11.0 Å². The first-order valence-corrected chi connectivity index (χ1v) is 10.6. The van der Waals surface area contributed by atoms with E-state index in [9.17, 15) is 26.4 Å². The topological polar surface area (TPSA) is 86.6 Å². The minimum absolute atomic E-state index is 0.0722. The molecule has 0 amide bonds. The van der Waals surface area contributed by atoms with Gasteiger partial charge in [0.05, 0.1) is 23.3 Å². The number of alkyl halides is 3. The average molecular weight is 441 g/mol. The predicted molar refractivity (Wildman–Crippen MR) is 102 cm³/mol. The zero-order chi connectivity index (χ0) is 21.5. The molecule has 2 aromatic heterocycles. The van der Waals surface area contributed by atoms with Crippen molar-refractivity contribution >= 4 is 20.9 Å². The fourth-order valence-electron chi connectivity index (χ4n) is 3.53. The Labute approximate surface area is 169 Å². The zero-order valence-electron chi connectivity index (χ0n) is 15.6. The van der Waals surface area contributed by atoms with Crippen LogP contribution in [0.2, 0.25) is 0 Å². The summed E-state index contributed by atoms with van der Waals surface area (Å²) in [6, 6.07) is 7.42. The van der Waals surface area contributed by atoms with Crippen molar-refractivity contribution < 1.29 is 26.0 Å². The number of aromatic amines is 1. The van der Waals surface area contributed by atoms with Gasteiger partial charge in [0.15, 0.2) is 0 Å². The van der Waals surface area contributed by atoms with E-state index in [-0.39, 0.29) is 28.9 Å². The third kappa shape index (κ3) is 4.00. The number of rotatable bonds is 4. The number of pyridine rings is 1. The molecule has 0 aliphatic carbocycles. The molecule has 0 spiro atoms. The second-order valence-corrected chi connectivity index (χ2v) is 8.95. The van der Waals surface area contributed by atoms with Crippen LogP contribution in [0, 0.1) is 0 Å². The monoisotopic (exact) mass is 441 g/mol. The van der Waals surface area contributed by atoms with Crippen LogP contribution in [0.3, 0.4) is 0 Å². The Balaban J connectivity index is 1.60. The molecule has 4 rings (SSSR count). The fraction of sp³-hybridized carbons (Fsp3) is 0.316. The Morgan fingerprint density at radius 3 is 2.43 bits per heavy atom. The first-order chi connectivity index (χ1) is 14.1. The number of H-pyrrole nitrogens is 1. The lowest BCUT2D eigenvalue weighted by Gasteiger charge is -2.33. The Morgan fingerprint density at radius 1 is 1.07 bits per heavy atom. The van der Waals surface area contributed by atoms with Crippen LogP contribution in [0.1, 0.15) is 11.3 Å². The van der Waals surface area contributed by atoms with Crippen LogP contribution >= 0.6 is 0 Å². The molecule has 1 aliphatic rings. The van der Waals surface area contributed by atoms with Gasteiger partial charge in [-0.2, -0.15) is 17.5 Å². The van der Waals surface area contributed by atoms with Crippen LogP contribution in [-0.2, 0) is 22.7 Å². The summed E-state index contributed by atoms with van der Waals surface area (Å²) in [4.78, 5) is 15.6. The Hall–Kier alpha value is -2.63. The number of furan rings is 1. The summed E-state index contributed by atoms with van der Waals surface area (Å²) in [5.74, 6) is 0.773. The molecular formula is C19H18F3N3O4S. The van der Waals surface area contributed by atoms with Crippen molar-refractivity contribution in [1.82, 2.24) is 14.2 Å². The number of sulfonamides is 1. The predicted octanol–water partition coefficient (Wildman–Crippen LogP) is 2.65. The molecule has 0 unspecified atom stereocenters. The lowest BCUT2D eigenvalue weighted by molar-refractivity contribution is -0.136. The first kappa shape index (κ1) is 20.6. The number of benzene rings is 1. The van der Waals surface area contributed by atoms with Crippen molar-refractivity contribution in [2.45, 2.75) is 17.6 Å². The van der Waals surface area contributed by atoms with Crippen molar-refractivity contribution in [3.05, 3.63) is 64.3 Å². The van der Waals surface area contributed by atoms with E-state index in [1.165, 1.54) is 16.4 Å². The molecule has 1 aromatic carbocycles. The largest absolute Gasteiger partial charge is 0.468 e. The molecule has 1 N–H and O–H groups in total. The van der Waals surface area contributed by atoms with Gasteiger partial charge >= 0.3 is 6.18 Å². The maximum absolute atomic E-state index is 13.4. The van der Waals surface area contributed by atoms with Gasteiger partial charge < -0.3 is 9.40 Å². The average Bonchev–Trinajstić information content (AvgIpc) is 3.19. The SMILES string of the molecule is O=c1cc(C(F)(F)F)c2cc(S(=O)(=O)N3CCN(Cc4ccco4)CC3)ccc2[nH]1. The van der Waals surface area contributed by atoms with E-state index >= 15 is 0 Å². The highest BCUT2D eigenvalue weighted by Crippen LogP contribution is 2.34. The molecule has 160 valence electrons. The summed E-state index contributed by atoms with van der Waals surface area (Å²) in [6.45, 7) is 1.90. The van der Waals surface area contributed by atoms with Crippen LogP contribution in [0.15, 0.2) is 56.8 Å². The van der Waals surface area contributed by atoms with Crippen LogP contribution < -0.4 is 5.56 Å². The maximum atomic E-state index is 13.4. The quantitative estimate of drug-likeness (QED) is 0.673. The van der Waals surface area contributed by atoms with E-state index in [2.05, 4.69) is 4.98 Å². The number of nitrogens with one attached hydrogen (secondary N) is 1. The van der Waals surface area contributed by atoms with Crippen molar-refractivity contribution in [3.8, 4) is 0 Å². The molecule has 0 radical (unpaired) electrons. The third-order valence-electron chi connectivity index (χ3n) is 5.05. The van der Waals surface area contributed by atoms with Gasteiger partial charge in [0.25, 0.3) is 0 Å². The molecule has 3 heterocycles. The van der Waals surface area contributed by atoms with Crippen molar-refractivity contribution in [3.63, 3.8) is 0 Å². The highest BCUT2D eigenvalue weighted by Gasteiger charge is 2.34. The summed E-state index contributed by atoms with van der Waals surface area (Å²) >= 11 is 0. The van der Waals surface area contributed by atoms with Crippen LogP contribution in [0.25, 0.3) is 10.9 Å². The molecule has 1 saturated heterocycles. The number of piperazine rings is 1. The van der Waals surface area contributed by atoms with Gasteiger partial charge in [0, 0.05) is 43.1 Å². The molecule has 3 aromatic rings. The normalized spacial score (nSPS) is 16.9. The van der Waals surface area contributed by atoms with Gasteiger partial charge in [-0.15, -0.1) is 0 Å². The molecule has 11 heteroatoms. The van der Waals surface area contributed by atoms with E-state index in [4.69, 9.17) is 4.42 Å². The van der Waals surface area contributed by atoms with Crippen LogP contribution in [-0.4, -0.2) is 48.8 Å². The molecule has 7 nitrogen and oxygen atoms in total. The number of aromatic nitrogens is 1. The smallest absolute Gasteiger partial charge is 0.417 e. The summed E-state index contributed by atoms with van der Waals surface area (Å²) in [5, 5.41) is -0.361. The molecule has 1 fully saturated rings. The number of hydrogen-bond donors (Lipinski definition) is 1. The summed E-state index contributed by atoms with van der Waals surface area (Å²) < 4.78 is 72.6. The van der Waals surface area contributed by atoms with E-state index < -0.39 is 27.3 Å². The maximum Gasteiger partial charge on any atom is 0.417 e. The van der Waals surface area contributed by atoms with Gasteiger partial charge in [-0.25, -0.2) is 8.42 Å². The Bertz CT molecular complexity index is 1210. The second-order valence-electron chi connectivity index (χ2n) is 7.01. The highest BCUT2D eigenvalue weighted by molar-refractivity contribution is 7.89. The van der Waals surface area contributed by atoms with E-state index in [0.29, 0.717) is 25.7 Å². The van der Waals surface area contributed by atoms with E-state index in [1.54, 1.807) is 12.3 Å². The van der Waals surface area contributed by atoms with Gasteiger partial charge in [-0.3, -0.25) is 9.69 Å². The minimum Gasteiger partial charge on any atom is -0.468 e. The first-order valence-electron chi connectivity index (χ1n) is 9.14. The standard InChI is InChI=1S/C19H18F3N3O4S/c20-19(21,22)16-11-18(26)23-17-4-3-14(10-15(16)17)30(27,28)25-7-5-24(6-8-25)12-13-2-1-9-29-13/h1-4,9-11H,5-8,12H2,(H,23,26). The Kier molecular flexibility index (Phi) is 5.20. The van der Waals surface area contributed by atoms with Crippen LogP contribution in [0.5, 0.6) is 0 Å². The van der Waals surface area contributed by atoms with Crippen molar-refractivity contribution in [2.75, 3.05) is 26.2 Å². The van der Waals surface area contributed by atoms with Gasteiger partial charge in [-0.1, -0.05) is 0 Å².